The maximum absolute atomic E-state index is 11.5. The van der Waals surface area contributed by atoms with Gasteiger partial charge in [-0.1, -0.05) is 42.3 Å². The van der Waals surface area contributed by atoms with Crippen LogP contribution in [0.1, 0.15) is 24.5 Å². The van der Waals surface area contributed by atoms with Crippen molar-refractivity contribution in [3.05, 3.63) is 57.6 Å². The molecule has 0 saturated heterocycles. The van der Waals surface area contributed by atoms with E-state index >= 15 is 0 Å². The molecule has 0 bridgehead atoms. The molecule has 0 saturated carbocycles. The van der Waals surface area contributed by atoms with Gasteiger partial charge in [-0.3, -0.25) is 4.79 Å². The molecule has 5 heteroatoms. The van der Waals surface area contributed by atoms with Gasteiger partial charge in [0.2, 0.25) is 0 Å². The zero-order valence-corrected chi connectivity index (χ0v) is 13.9. The fraction of sp³-hybridized carbons (Fsp3) is 0.235. The Labute approximate surface area is 139 Å². The first kappa shape index (κ1) is 16.7. The molecular weight excluding hydrogens is 323 g/mol. The SMILES string of the molecule is CCC(=O)Oc1cccc(Cl)c1COc1ccc(C)c(Cl)c1. The van der Waals surface area contributed by atoms with E-state index < -0.39 is 0 Å². The van der Waals surface area contributed by atoms with E-state index in [1.165, 1.54) is 0 Å². The highest BCUT2D eigenvalue weighted by Gasteiger charge is 2.12. The fourth-order valence-corrected chi connectivity index (χ4v) is 2.18. The predicted octanol–water partition coefficient (Wildman–Crippen LogP) is 5.20. The monoisotopic (exact) mass is 338 g/mol. The van der Waals surface area contributed by atoms with E-state index in [1.807, 2.05) is 19.1 Å². The van der Waals surface area contributed by atoms with E-state index in [0.717, 1.165) is 5.56 Å². The van der Waals surface area contributed by atoms with Crippen molar-refractivity contribution in [2.24, 2.45) is 0 Å². The standard InChI is InChI=1S/C17H16Cl2O3/c1-3-17(20)22-16-6-4-5-14(18)13(16)10-21-12-8-7-11(2)15(19)9-12/h4-9H,3,10H2,1-2H3. The van der Waals surface area contributed by atoms with Crippen molar-refractivity contribution in [1.29, 1.82) is 0 Å². The van der Waals surface area contributed by atoms with E-state index in [4.69, 9.17) is 32.7 Å². The third-order valence-corrected chi connectivity index (χ3v) is 3.88. The number of halogens is 2. The normalized spacial score (nSPS) is 10.4. The van der Waals surface area contributed by atoms with Gasteiger partial charge in [-0.15, -0.1) is 0 Å². The molecule has 0 spiro atoms. The molecule has 0 fully saturated rings. The van der Waals surface area contributed by atoms with Crippen LogP contribution >= 0.6 is 23.2 Å². The summed E-state index contributed by atoms with van der Waals surface area (Å²) in [6, 6.07) is 10.6. The lowest BCUT2D eigenvalue weighted by atomic mass is 10.2. The molecule has 3 nitrogen and oxygen atoms in total. The molecule has 0 N–H and O–H groups in total. The minimum atomic E-state index is -0.318. The molecule has 22 heavy (non-hydrogen) atoms. The number of rotatable bonds is 5. The van der Waals surface area contributed by atoms with Gasteiger partial charge in [-0.2, -0.15) is 0 Å². The van der Waals surface area contributed by atoms with Crippen LogP contribution in [0.3, 0.4) is 0 Å². The van der Waals surface area contributed by atoms with Gasteiger partial charge in [0.1, 0.15) is 18.1 Å². The van der Waals surface area contributed by atoms with Crippen molar-refractivity contribution in [3.8, 4) is 11.5 Å². The van der Waals surface area contributed by atoms with Gasteiger partial charge in [-0.05, 0) is 36.8 Å². The van der Waals surface area contributed by atoms with E-state index in [9.17, 15) is 4.79 Å². The van der Waals surface area contributed by atoms with Crippen LogP contribution in [-0.2, 0) is 11.4 Å². The summed E-state index contributed by atoms with van der Waals surface area (Å²) in [4.78, 5) is 11.5. The average molecular weight is 339 g/mol. The number of aryl methyl sites for hydroxylation is 1. The Bertz CT molecular complexity index is 684. The molecule has 0 atom stereocenters. The summed E-state index contributed by atoms with van der Waals surface area (Å²) in [6.07, 6.45) is 0.292. The molecule has 2 aromatic carbocycles. The van der Waals surface area contributed by atoms with Crippen molar-refractivity contribution in [3.63, 3.8) is 0 Å². The Morgan fingerprint density at radius 1 is 1.14 bits per heavy atom. The van der Waals surface area contributed by atoms with Gasteiger partial charge in [0.05, 0.1) is 10.6 Å². The Balaban J connectivity index is 2.17. The second-order valence-electron chi connectivity index (χ2n) is 4.74. The molecule has 116 valence electrons. The third-order valence-electron chi connectivity index (χ3n) is 3.11. The summed E-state index contributed by atoms with van der Waals surface area (Å²) >= 11 is 12.3. The largest absolute Gasteiger partial charge is 0.489 e. The zero-order chi connectivity index (χ0) is 16.1. The van der Waals surface area contributed by atoms with Crippen LogP contribution in [0, 0.1) is 6.92 Å². The number of esters is 1. The maximum atomic E-state index is 11.5. The molecule has 0 heterocycles. The molecule has 0 aromatic heterocycles. The lowest BCUT2D eigenvalue weighted by molar-refractivity contribution is -0.134. The third kappa shape index (κ3) is 4.15. The van der Waals surface area contributed by atoms with Crippen LogP contribution in [0.2, 0.25) is 10.0 Å². The number of hydrogen-bond donors (Lipinski definition) is 0. The van der Waals surface area contributed by atoms with Crippen molar-refractivity contribution >= 4 is 29.2 Å². The summed E-state index contributed by atoms with van der Waals surface area (Å²) < 4.78 is 11.0. The second-order valence-corrected chi connectivity index (χ2v) is 5.56. The minimum Gasteiger partial charge on any atom is -0.489 e. The molecule has 0 amide bonds. The Kier molecular flexibility index (Phi) is 5.69. The quantitative estimate of drug-likeness (QED) is 0.555. The highest BCUT2D eigenvalue weighted by atomic mass is 35.5. The predicted molar refractivity (Wildman–Crippen MR) is 87.9 cm³/mol. The maximum Gasteiger partial charge on any atom is 0.310 e. The summed E-state index contributed by atoms with van der Waals surface area (Å²) in [5, 5.41) is 1.12. The first-order valence-electron chi connectivity index (χ1n) is 6.88. The molecular formula is C17H16Cl2O3. The van der Waals surface area contributed by atoms with Crippen molar-refractivity contribution < 1.29 is 14.3 Å². The summed E-state index contributed by atoms with van der Waals surface area (Å²) in [7, 11) is 0. The molecule has 0 aliphatic rings. The Morgan fingerprint density at radius 3 is 2.59 bits per heavy atom. The molecule has 0 aliphatic heterocycles. The van der Waals surface area contributed by atoms with Crippen LogP contribution in [0.5, 0.6) is 11.5 Å². The number of carbonyl (C=O) groups is 1. The van der Waals surface area contributed by atoms with Crippen molar-refractivity contribution in [2.75, 3.05) is 0 Å². The topological polar surface area (TPSA) is 35.5 Å². The number of hydrogen-bond acceptors (Lipinski definition) is 3. The lowest BCUT2D eigenvalue weighted by Gasteiger charge is -2.13. The van der Waals surface area contributed by atoms with Gasteiger partial charge in [0.25, 0.3) is 0 Å². The van der Waals surface area contributed by atoms with Crippen LogP contribution in [-0.4, -0.2) is 5.97 Å². The molecule has 0 unspecified atom stereocenters. The van der Waals surface area contributed by atoms with Crippen molar-refractivity contribution in [1.82, 2.24) is 0 Å². The summed E-state index contributed by atoms with van der Waals surface area (Å²) in [5.41, 5.74) is 1.60. The number of benzene rings is 2. The van der Waals surface area contributed by atoms with Crippen LogP contribution in [0.25, 0.3) is 0 Å². The first-order valence-corrected chi connectivity index (χ1v) is 7.64. The van der Waals surface area contributed by atoms with Crippen LogP contribution in [0.4, 0.5) is 0 Å². The van der Waals surface area contributed by atoms with Gasteiger partial charge < -0.3 is 9.47 Å². The number of ether oxygens (including phenoxy) is 2. The second kappa shape index (κ2) is 7.52. The van der Waals surface area contributed by atoms with E-state index in [1.54, 1.807) is 31.2 Å². The van der Waals surface area contributed by atoms with E-state index in [2.05, 4.69) is 0 Å². The summed E-state index contributed by atoms with van der Waals surface area (Å²) in [5.74, 6) is 0.725. The van der Waals surface area contributed by atoms with Crippen LogP contribution in [0.15, 0.2) is 36.4 Å². The Morgan fingerprint density at radius 2 is 1.91 bits per heavy atom. The summed E-state index contributed by atoms with van der Waals surface area (Å²) in [6.45, 7) is 3.84. The number of carbonyl (C=O) groups excluding carboxylic acids is 1. The van der Waals surface area contributed by atoms with E-state index in [0.29, 0.717) is 33.5 Å². The average Bonchev–Trinajstić information content (AvgIpc) is 2.50. The van der Waals surface area contributed by atoms with Gasteiger partial charge in [0.15, 0.2) is 0 Å². The highest BCUT2D eigenvalue weighted by Crippen LogP contribution is 2.29. The molecule has 2 rings (SSSR count). The minimum absolute atomic E-state index is 0.186. The lowest BCUT2D eigenvalue weighted by Crippen LogP contribution is -2.09. The molecule has 0 radical (unpaired) electrons. The van der Waals surface area contributed by atoms with Gasteiger partial charge in [0, 0.05) is 11.4 Å². The molecule has 0 aliphatic carbocycles. The van der Waals surface area contributed by atoms with Crippen molar-refractivity contribution in [2.45, 2.75) is 26.9 Å². The fourth-order valence-electron chi connectivity index (χ4n) is 1.79. The van der Waals surface area contributed by atoms with Crippen LogP contribution < -0.4 is 9.47 Å². The van der Waals surface area contributed by atoms with Gasteiger partial charge in [-0.25, -0.2) is 0 Å². The van der Waals surface area contributed by atoms with Gasteiger partial charge >= 0.3 is 5.97 Å². The first-order chi connectivity index (χ1) is 10.5. The Hall–Kier alpha value is -1.71. The smallest absolute Gasteiger partial charge is 0.310 e. The highest BCUT2D eigenvalue weighted by molar-refractivity contribution is 6.31. The molecule has 2 aromatic rings. The van der Waals surface area contributed by atoms with E-state index in [-0.39, 0.29) is 12.6 Å². The zero-order valence-electron chi connectivity index (χ0n) is 12.4.